The van der Waals surface area contributed by atoms with E-state index in [0.717, 1.165) is 22.0 Å². The average Bonchev–Trinajstić information content (AvgIpc) is 3.26. The molecule has 0 radical (unpaired) electrons. The molecule has 2 N–H and O–H groups in total. The minimum absolute atomic E-state index is 0.0274. The molecule has 0 aliphatic carbocycles. The Hall–Kier alpha value is -3.73. The lowest BCUT2D eigenvalue weighted by Crippen LogP contribution is -2.52. The monoisotopic (exact) mass is 477 g/mol. The average molecular weight is 478 g/mol. The second-order valence-electron chi connectivity index (χ2n) is 9.44. The first kappa shape index (κ1) is 23.0. The number of aliphatic hydroxyl groups excluding tert-OH is 1. The lowest BCUT2D eigenvalue weighted by Gasteiger charge is -2.38. The Morgan fingerprint density at radius 2 is 1.97 bits per heavy atom. The molecule has 2 atom stereocenters. The molecular formula is C24H28FN9O. The van der Waals surface area contributed by atoms with Crippen LogP contribution in [-0.4, -0.2) is 64.7 Å². The van der Waals surface area contributed by atoms with Gasteiger partial charge in [-0.05, 0) is 31.4 Å². The van der Waals surface area contributed by atoms with Crippen molar-refractivity contribution in [3.63, 3.8) is 0 Å². The van der Waals surface area contributed by atoms with E-state index in [1.54, 1.807) is 40.6 Å². The van der Waals surface area contributed by atoms with E-state index in [1.807, 2.05) is 13.1 Å². The first-order valence-electron chi connectivity index (χ1n) is 11.6. The second kappa shape index (κ2) is 8.81. The van der Waals surface area contributed by atoms with E-state index in [-0.39, 0.29) is 12.5 Å². The van der Waals surface area contributed by atoms with Gasteiger partial charge in [-0.15, -0.1) is 0 Å². The fourth-order valence-corrected chi connectivity index (χ4v) is 4.33. The summed E-state index contributed by atoms with van der Waals surface area (Å²) in [4.78, 5) is 24.3. The maximum absolute atomic E-state index is 14.7. The topological polar surface area (TPSA) is 118 Å². The zero-order valence-corrected chi connectivity index (χ0v) is 20.1. The Morgan fingerprint density at radius 3 is 2.69 bits per heavy atom. The molecule has 0 amide bonds. The maximum Gasteiger partial charge on any atom is 0.227 e. The molecule has 0 saturated carbocycles. The van der Waals surface area contributed by atoms with Crippen molar-refractivity contribution in [2.75, 3.05) is 23.3 Å². The van der Waals surface area contributed by atoms with E-state index < -0.39 is 11.8 Å². The lowest BCUT2D eigenvalue weighted by atomic mass is 9.94. The predicted molar refractivity (Wildman–Crippen MR) is 131 cm³/mol. The standard InChI is InChI=1S/C24H28FN9O/c1-14(2)21-15-9-20(27-10-16(15)17(11-28-21)22-29-13-33(4)32-22)30-19-5-7-26-23(31-19)34-8-6-18(35)24(3,25)12-34/h5,7,9-11,13-14,18,35H,6,8,12H2,1-4H3,(H,26,27,30,31)/t18-,24+/m1/s1. The van der Waals surface area contributed by atoms with E-state index in [9.17, 15) is 9.50 Å². The van der Waals surface area contributed by atoms with Crippen LogP contribution in [0.15, 0.2) is 37.1 Å². The molecule has 0 aromatic carbocycles. The van der Waals surface area contributed by atoms with E-state index in [4.69, 9.17) is 4.98 Å². The molecule has 4 aromatic rings. The van der Waals surface area contributed by atoms with E-state index in [1.165, 1.54) is 6.92 Å². The van der Waals surface area contributed by atoms with Gasteiger partial charge in [-0.25, -0.2) is 19.3 Å². The number of aryl methyl sites for hydroxylation is 1. The molecule has 0 bridgehead atoms. The summed E-state index contributed by atoms with van der Waals surface area (Å²) in [5, 5.41) is 19.4. The number of hydrogen-bond acceptors (Lipinski definition) is 9. The number of pyridine rings is 2. The Labute approximate surface area is 202 Å². The Kier molecular flexibility index (Phi) is 5.79. The first-order valence-corrected chi connectivity index (χ1v) is 11.6. The summed E-state index contributed by atoms with van der Waals surface area (Å²) in [5.74, 6) is 2.33. The van der Waals surface area contributed by atoms with Crippen molar-refractivity contribution in [1.29, 1.82) is 0 Å². The highest BCUT2D eigenvalue weighted by Crippen LogP contribution is 2.32. The molecule has 10 nitrogen and oxygen atoms in total. The molecule has 182 valence electrons. The van der Waals surface area contributed by atoms with Gasteiger partial charge in [0.05, 0.1) is 18.3 Å². The fraction of sp³-hybridized carbons (Fsp3) is 0.417. The summed E-state index contributed by atoms with van der Waals surface area (Å²) in [6, 6.07) is 3.68. The first-order chi connectivity index (χ1) is 16.7. The van der Waals surface area contributed by atoms with Gasteiger partial charge in [0.1, 0.15) is 18.0 Å². The van der Waals surface area contributed by atoms with Crippen molar-refractivity contribution in [1.82, 2.24) is 34.7 Å². The molecule has 1 saturated heterocycles. The van der Waals surface area contributed by atoms with Crippen LogP contribution in [0.1, 0.15) is 38.8 Å². The van der Waals surface area contributed by atoms with Crippen molar-refractivity contribution in [2.45, 2.75) is 44.9 Å². The molecule has 35 heavy (non-hydrogen) atoms. The van der Waals surface area contributed by atoms with Gasteiger partial charge in [-0.3, -0.25) is 9.67 Å². The third-order valence-corrected chi connectivity index (χ3v) is 6.24. The number of aliphatic hydroxyl groups is 1. The van der Waals surface area contributed by atoms with Crippen LogP contribution in [0.3, 0.4) is 0 Å². The Bertz CT molecular complexity index is 1370. The summed E-state index contributed by atoms with van der Waals surface area (Å²) in [6.45, 7) is 6.10. The van der Waals surface area contributed by atoms with Crippen molar-refractivity contribution in [3.05, 3.63) is 42.7 Å². The molecule has 1 fully saturated rings. The molecule has 4 aromatic heterocycles. The number of alkyl halides is 1. The largest absolute Gasteiger partial charge is 0.390 e. The van der Waals surface area contributed by atoms with Gasteiger partial charge in [-0.1, -0.05) is 13.8 Å². The second-order valence-corrected chi connectivity index (χ2v) is 9.44. The number of aromatic nitrogens is 7. The molecule has 5 rings (SSSR count). The third kappa shape index (κ3) is 4.51. The van der Waals surface area contributed by atoms with Crippen LogP contribution in [-0.2, 0) is 7.05 Å². The number of rotatable bonds is 5. The zero-order valence-electron chi connectivity index (χ0n) is 20.1. The van der Waals surface area contributed by atoms with Crippen LogP contribution < -0.4 is 10.2 Å². The van der Waals surface area contributed by atoms with Crippen molar-refractivity contribution >= 4 is 28.4 Å². The molecule has 0 unspecified atom stereocenters. The number of anilines is 3. The van der Waals surface area contributed by atoms with Crippen molar-refractivity contribution < 1.29 is 9.50 Å². The summed E-state index contributed by atoms with van der Waals surface area (Å²) in [7, 11) is 1.82. The van der Waals surface area contributed by atoms with Gasteiger partial charge >= 0.3 is 0 Å². The van der Waals surface area contributed by atoms with E-state index in [0.29, 0.717) is 36.4 Å². The van der Waals surface area contributed by atoms with Crippen LogP contribution in [0.25, 0.3) is 22.2 Å². The fourth-order valence-electron chi connectivity index (χ4n) is 4.33. The van der Waals surface area contributed by atoms with Gasteiger partial charge in [-0.2, -0.15) is 10.1 Å². The van der Waals surface area contributed by atoms with Crippen LogP contribution in [0, 0.1) is 0 Å². The molecule has 1 aliphatic heterocycles. The van der Waals surface area contributed by atoms with Gasteiger partial charge in [0, 0.05) is 48.5 Å². The normalized spacial score (nSPS) is 20.5. The van der Waals surface area contributed by atoms with Crippen LogP contribution in [0.4, 0.5) is 22.0 Å². The molecule has 1 aliphatic rings. The van der Waals surface area contributed by atoms with Crippen LogP contribution >= 0.6 is 0 Å². The number of hydrogen-bond donors (Lipinski definition) is 2. The highest BCUT2D eigenvalue weighted by Gasteiger charge is 2.39. The minimum atomic E-state index is -1.72. The van der Waals surface area contributed by atoms with Gasteiger partial charge in [0.2, 0.25) is 5.95 Å². The number of fused-ring (bicyclic) bond motifs is 1. The molecule has 0 spiro atoms. The highest BCUT2D eigenvalue weighted by molar-refractivity contribution is 5.97. The quantitative estimate of drug-likeness (QED) is 0.446. The number of piperidine rings is 1. The van der Waals surface area contributed by atoms with E-state index >= 15 is 0 Å². The van der Waals surface area contributed by atoms with Crippen LogP contribution in [0.5, 0.6) is 0 Å². The Balaban J connectivity index is 1.47. The highest BCUT2D eigenvalue weighted by atomic mass is 19.1. The lowest BCUT2D eigenvalue weighted by molar-refractivity contribution is -0.00860. The summed E-state index contributed by atoms with van der Waals surface area (Å²) >= 11 is 0. The van der Waals surface area contributed by atoms with E-state index in [2.05, 4.69) is 44.2 Å². The summed E-state index contributed by atoms with van der Waals surface area (Å²) in [5.41, 5.74) is 0.0447. The summed E-state index contributed by atoms with van der Waals surface area (Å²) < 4.78 is 16.3. The maximum atomic E-state index is 14.7. The third-order valence-electron chi connectivity index (χ3n) is 6.24. The van der Waals surface area contributed by atoms with Crippen molar-refractivity contribution in [3.8, 4) is 11.4 Å². The number of halogens is 1. The van der Waals surface area contributed by atoms with Crippen LogP contribution in [0.2, 0.25) is 0 Å². The predicted octanol–water partition coefficient (Wildman–Crippen LogP) is 3.38. The molecular weight excluding hydrogens is 449 g/mol. The summed E-state index contributed by atoms with van der Waals surface area (Å²) in [6.07, 6.45) is 6.20. The molecule has 5 heterocycles. The SMILES string of the molecule is CC(C)c1ncc(-c2ncn(C)n2)c2cnc(Nc3ccnc(N4CC[C@@H](O)[C@@](C)(F)C4)n3)cc12. The van der Waals surface area contributed by atoms with Gasteiger partial charge in [0.15, 0.2) is 11.5 Å². The van der Waals surface area contributed by atoms with Gasteiger partial charge < -0.3 is 15.3 Å². The zero-order chi connectivity index (χ0) is 24.7. The van der Waals surface area contributed by atoms with Gasteiger partial charge in [0.25, 0.3) is 0 Å². The molecule has 11 heteroatoms. The smallest absolute Gasteiger partial charge is 0.227 e. The number of nitrogens with zero attached hydrogens (tertiary/aromatic N) is 8. The number of nitrogens with one attached hydrogen (secondary N) is 1. The Morgan fingerprint density at radius 1 is 1.14 bits per heavy atom. The van der Waals surface area contributed by atoms with Crippen molar-refractivity contribution in [2.24, 2.45) is 7.05 Å². The minimum Gasteiger partial charge on any atom is -0.390 e.